The first-order chi connectivity index (χ1) is 9.74. The predicted molar refractivity (Wildman–Crippen MR) is 78.4 cm³/mol. The van der Waals surface area contributed by atoms with E-state index in [9.17, 15) is 0 Å². The van der Waals surface area contributed by atoms with Gasteiger partial charge in [0.2, 0.25) is 5.95 Å². The maximum Gasteiger partial charge on any atom is 0.244 e. The zero-order valence-corrected chi connectivity index (χ0v) is 11.7. The summed E-state index contributed by atoms with van der Waals surface area (Å²) in [5, 5.41) is 14.2. The smallest absolute Gasteiger partial charge is 0.244 e. The Morgan fingerprint density at radius 3 is 2.70 bits per heavy atom. The van der Waals surface area contributed by atoms with Crippen molar-refractivity contribution < 1.29 is 0 Å². The van der Waals surface area contributed by atoms with E-state index in [1.807, 2.05) is 26.2 Å². The van der Waals surface area contributed by atoms with Crippen LogP contribution in [0.3, 0.4) is 0 Å². The van der Waals surface area contributed by atoms with Crippen LogP contribution >= 0.6 is 0 Å². The predicted octanol–water partition coefficient (Wildman–Crippen LogP) is 0.852. The number of likely N-dealkylation sites (N-methyl/N-ethyl adjacent to an activating group) is 1. The average Bonchev–Trinajstić information content (AvgIpc) is 2.46. The molecule has 0 bridgehead atoms. The summed E-state index contributed by atoms with van der Waals surface area (Å²) in [5.41, 5.74) is 1.14. The normalized spacial score (nSPS) is 10.6. The van der Waals surface area contributed by atoms with Gasteiger partial charge in [-0.25, -0.2) is 0 Å². The Morgan fingerprint density at radius 1 is 1.15 bits per heavy atom. The highest BCUT2D eigenvalue weighted by molar-refractivity contribution is 5.37. The standard InChI is InChI=1S/C13H19N7/c1-20(2)8-7-15-13-18-12(10-17-19-13)16-9-11-3-5-14-6-4-11/h3-6,10H,7-9H2,1-2H3,(H2,15,16,18,19). The van der Waals surface area contributed by atoms with E-state index in [-0.39, 0.29) is 0 Å². The maximum absolute atomic E-state index is 4.35. The summed E-state index contributed by atoms with van der Waals surface area (Å²) in [7, 11) is 4.04. The molecule has 0 aliphatic heterocycles. The van der Waals surface area contributed by atoms with Gasteiger partial charge in [0.15, 0.2) is 5.82 Å². The summed E-state index contributed by atoms with van der Waals surface area (Å²) >= 11 is 0. The molecule has 0 radical (unpaired) electrons. The van der Waals surface area contributed by atoms with Crippen LogP contribution in [0.4, 0.5) is 11.8 Å². The van der Waals surface area contributed by atoms with Crippen LogP contribution in [0.1, 0.15) is 5.56 Å². The molecule has 0 unspecified atom stereocenters. The highest BCUT2D eigenvalue weighted by Gasteiger charge is 2.00. The van der Waals surface area contributed by atoms with Crippen LogP contribution in [0.15, 0.2) is 30.7 Å². The van der Waals surface area contributed by atoms with Gasteiger partial charge in [0, 0.05) is 32.0 Å². The first kappa shape index (κ1) is 14.1. The molecule has 2 heterocycles. The molecule has 0 aliphatic carbocycles. The van der Waals surface area contributed by atoms with Crippen molar-refractivity contribution in [2.45, 2.75) is 6.54 Å². The molecule has 0 aromatic carbocycles. The Kier molecular flexibility index (Phi) is 5.19. The molecule has 0 atom stereocenters. The van der Waals surface area contributed by atoms with Gasteiger partial charge in [0.1, 0.15) is 0 Å². The van der Waals surface area contributed by atoms with E-state index in [4.69, 9.17) is 0 Å². The number of hydrogen-bond donors (Lipinski definition) is 2. The number of aromatic nitrogens is 4. The summed E-state index contributed by atoms with van der Waals surface area (Å²) in [6.07, 6.45) is 5.14. The Balaban J connectivity index is 1.86. The lowest BCUT2D eigenvalue weighted by Gasteiger charge is -2.10. The molecule has 0 saturated carbocycles. The van der Waals surface area contributed by atoms with Crippen LogP contribution in [-0.2, 0) is 6.54 Å². The second-order valence-corrected chi connectivity index (χ2v) is 4.60. The second kappa shape index (κ2) is 7.34. The Morgan fingerprint density at radius 2 is 1.95 bits per heavy atom. The minimum atomic E-state index is 0.534. The van der Waals surface area contributed by atoms with Crippen LogP contribution in [0.5, 0.6) is 0 Å². The molecule has 2 rings (SSSR count). The lowest BCUT2D eigenvalue weighted by molar-refractivity contribution is 0.425. The van der Waals surface area contributed by atoms with Gasteiger partial charge < -0.3 is 15.5 Å². The molecule has 0 amide bonds. The molecule has 7 heteroatoms. The van der Waals surface area contributed by atoms with Gasteiger partial charge >= 0.3 is 0 Å². The molecule has 0 fully saturated rings. The fourth-order valence-electron chi connectivity index (χ4n) is 1.55. The van der Waals surface area contributed by atoms with Crippen LogP contribution in [0.2, 0.25) is 0 Å². The fourth-order valence-corrected chi connectivity index (χ4v) is 1.55. The summed E-state index contributed by atoms with van der Waals surface area (Å²) < 4.78 is 0. The molecule has 0 saturated heterocycles. The van der Waals surface area contributed by atoms with Crippen LogP contribution in [0, 0.1) is 0 Å². The van der Waals surface area contributed by atoms with E-state index in [0.717, 1.165) is 18.7 Å². The SMILES string of the molecule is CN(C)CCNc1nncc(NCc2ccncc2)n1. The van der Waals surface area contributed by atoms with Gasteiger partial charge in [-0.15, -0.1) is 5.10 Å². The van der Waals surface area contributed by atoms with Gasteiger partial charge in [0.05, 0.1) is 6.20 Å². The first-order valence-electron chi connectivity index (χ1n) is 6.45. The third-order valence-electron chi connectivity index (χ3n) is 2.62. The third kappa shape index (κ3) is 4.77. The van der Waals surface area contributed by atoms with E-state index in [2.05, 4.69) is 35.7 Å². The minimum absolute atomic E-state index is 0.534. The monoisotopic (exact) mass is 273 g/mol. The van der Waals surface area contributed by atoms with Crippen molar-refractivity contribution in [2.75, 3.05) is 37.8 Å². The quantitative estimate of drug-likeness (QED) is 0.774. The molecule has 20 heavy (non-hydrogen) atoms. The zero-order valence-electron chi connectivity index (χ0n) is 11.7. The molecular formula is C13H19N7. The van der Waals surface area contributed by atoms with Crippen LogP contribution in [-0.4, -0.2) is 52.3 Å². The Labute approximate surface area is 118 Å². The van der Waals surface area contributed by atoms with Gasteiger partial charge in [-0.05, 0) is 31.8 Å². The summed E-state index contributed by atoms with van der Waals surface area (Å²) in [6, 6.07) is 3.91. The van der Waals surface area contributed by atoms with Crippen molar-refractivity contribution in [2.24, 2.45) is 0 Å². The van der Waals surface area contributed by atoms with Gasteiger partial charge in [-0.1, -0.05) is 0 Å². The number of nitrogens with one attached hydrogen (secondary N) is 2. The highest BCUT2D eigenvalue weighted by Crippen LogP contribution is 2.06. The summed E-state index contributed by atoms with van der Waals surface area (Å²) in [5.74, 6) is 1.23. The van der Waals surface area contributed by atoms with Gasteiger partial charge in [-0.2, -0.15) is 10.1 Å². The minimum Gasteiger partial charge on any atom is -0.365 e. The zero-order chi connectivity index (χ0) is 14.2. The van der Waals surface area contributed by atoms with Gasteiger partial charge in [0.25, 0.3) is 0 Å². The fraction of sp³-hybridized carbons (Fsp3) is 0.385. The first-order valence-corrected chi connectivity index (χ1v) is 6.45. The number of pyridine rings is 1. The lowest BCUT2D eigenvalue weighted by Crippen LogP contribution is -2.21. The summed E-state index contributed by atoms with van der Waals surface area (Å²) in [4.78, 5) is 10.4. The number of hydrogen-bond acceptors (Lipinski definition) is 7. The molecular weight excluding hydrogens is 254 g/mol. The van der Waals surface area contributed by atoms with E-state index >= 15 is 0 Å². The lowest BCUT2D eigenvalue weighted by atomic mass is 10.3. The second-order valence-electron chi connectivity index (χ2n) is 4.60. The third-order valence-corrected chi connectivity index (χ3v) is 2.62. The van der Waals surface area contributed by atoms with Crippen molar-refractivity contribution in [3.05, 3.63) is 36.3 Å². The number of nitrogens with zero attached hydrogens (tertiary/aromatic N) is 5. The van der Waals surface area contributed by atoms with Crippen molar-refractivity contribution in [3.63, 3.8) is 0 Å². The molecule has 2 aromatic rings. The molecule has 0 spiro atoms. The van der Waals surface area contributed by atoms with Crippen molar-refractivity contribution >= 4 is 11.8 Å². The van der Waals surface area contributed by atoms with E-state index < -0.39 is 0 Å². The van der Waals surface area contributed by atoms with E-state index in [1.165, 1.54) is 0 Å². The molecule has 2 aromatic heterocycles. The van der Waals surface area contributed by atoms with E-state index in [1.54, 1.807) is 18.6 Å². The molecule has 106 valence electrons. The number of rotatable bonds is 7. The van der Waals surface area contributed by atoms with Crippen LogP contribution in [0.25, 0.3) is 0 Å². The molecule has 7 nitrogen and oxygen atoms in total. The average molecular weight is 273 g/mol. The van der Waals surface area contributed by atoms with Crippen LogP contribution < -0.4 is 10.6 Å². The van der Waals surface area contributed by atoms with Gasteiger partial charge in [-0.3, -0.25) is 4.98 Å². The topological polar surface area (TPSA) is 78.9 Å². The highest BCUT2D eigenvalue weighted by atomic mass is 15.3. The van der Waals surface area contributed by atoms with Crippen molar-refractivity contribution in [3.8, 4) is 0 Å². The summed E-state index contributed by atoms with van der Waals surface area (Å²) in [6.45, 7) is 2.37. The molecule has 2 N–H and O–H groups in total. The Hall–Kier alpha value is -2.28. The Bertz CT molecular complexity index is 515. The maximum atomic E-state index is 4.35. The number of anilines is 2. The molecule has 0 aliphatic rings. The van der Waals surface area contributed by atoms with Crippen molar-refractivity contribution in [1.82, 2.24) is 25.1 Å². The van der Waals surface area contributed by atoms with E-state index in [0.29, 0.717) is 18.3 Å². The largest absolute Gasteiger partial charge is 0.365 e. The van der Waals surface area contributed by atoms with Crippen molar-refractivity contribution in [1.29, 1.82) is 0 Å².